The molecule has 2 aliphatic carbocycles. The molecule has 1 spiro atoms. The highest BCUT2D eigenvalue weighted by Crippen LogP contribution is 2.65. The number of benzene rings is 2. The van der Waals surface area contributed by atoms with Gasteiger partial charge in [-0.05, 0) is 67.7 Å². The number of nitriles is 1. The molecular weight excluding hydrogens is 558 g/mol. The number of furan rings is 1. The molecule has 4 aliphatic rings. The molecule has 5 atom stereocenters. The molecule has 2 fully saturated rings. The molecule has 0 unspecified atom stereocenters. The number of nitrogens with zero attached hydrogens (tertiary/aromatic N) is 2. The van der Waals surface area contributed by atoms with Crippen molar-refractivity contribution in [3.05, 3.63) is 83.3 Å². The average molecular weight is 588 g/mol. The van der Waals surface area contributed by atoms with Gasteiger partial charge in [-0.1, -0.05) is 12.1 Å². The van der Waals surface area contributed by atoms with Crippen molar-refractivity contribution in [3.63, 3.8) is 0 Å². The normalized spacial score (nSPS) is 29.4. The number of rotatable bonds is 6. The lowest BCUT2D eigenvalue weighted by Gasteiger charge is -2.63. The van der Waals surface area contributed by atoms with Crippen molar-refractivity contribution < 1.29 is 32.2 Å². The molecule has 1 aromatic heterocycles. The maximum atomic E-state index is 14.0. The Morgan fingerprint density at radius 2 is 2.12 bits per heavy atom. The molecule has 42 heavy (non-hydrogen) atoms. The highest BCUT2D eigenvalue weighted by Gasteiger charge is 2.74. The molecule has 7 rings (SSSR count). The predicted molar refractivity (Wildman–Crippen MR) is 150 cm³/mol. The second-order valence-electron chi connectivity index (χ2n) is 11.3. The van der Waals surface area contributed by atoms with Crippen molar-refractivity contribution in [2.24, 2.45) is 0 Å². The molecule has 1 saturated heterocycles. The van der Waals surface area contributed by atoms with Crippen LogP contribution in [0, 0.1) is 11.3 Å². The minimum atomic E-state index is -4.04. The fourth-order valence-electron chi connectivity index (χ4n) is 7.73. The third-order valence-corrected chi connectivity index (χ3v) is 11.4. The van der Waals surface area contributed by atoms with Crippen LogP contribution in [0.3, 0.4) is 0 Å². The summed E-state index contributed by atoms with van der Waals surface area (Å²) < 4.78 is 46.8. The van der Waals surface area contributed by atoms with Gasteiger partial charge in [-0.15, -0.1) is 0 Å². The van der Waals surface area contributed by atoms with Crippen LogP contribution >= 0.6 is 0 Å². The van der Waals surface area contributed by atoms with E-state index in [0.717, 1.165) is 16.7 Å². The molecule has 3 heterocycles. The first-order valence-corrected chi connectivity index (χ1v) is 15.3. The molecule has 1 saturated carbocycles. The summed E-state index contributed by atoms with van der Waals surface area (Å²) in [4.78, 5) is 13.0. The van der Waals surface area contributed by atoms with E-state index in [1.54, 1.807) is 37.5 Å². The lowest BCUT2D eigenvalue weighted by Crippen LogP contribution is -2.78. The number of piperidine rings is 1. The summed E-state index contributed by atoms with van der Waals surface area (Å²) in [6.45, 7) is 0.142. The van der Waals surface area contributed by atoms with E-state index >= 15 is 0 Å². The van der Waals surface area contributed by atoms with Gasteiger partial charge >= 0.3 is 0 Å². The lowest BCUT2D eigenvalue weighted by atomic mass is 9.48. The Bertz CT molecular complexity index is 1760. The zero-order valence-electron chi connectivity index (χ0n) is 22.8. The van der Waals surface area contributed by atoms with E-state index in [-0.39, 0.29) is 35.8 Å². The third kappa shape index (κ3) is 3.62. The van der Waals surface area contributed by atoms with Crippen LogP contribution < -0.4 is 14.8 Å². The van der Waals surface area contributed by atoms with Crippen molar-refractivity contribution >= 4 is 22.0 Å². The second-order valence-corrected chi connectivity index (χ2v) is 13.2. The monoisotopic (exact) mass is 587 g/mol. The Labute approximate surface area is 243 Å². The summed E-state index contributed by atoms with van der Waals surface area (Å²) in [7, 11) is -2.49. The number of amides is 1. The number of nitrogens with one attached hydrogen (secondary N) is 1. The van der Waals surface area contributed by atoms with Gasteiger partial charge in [-0.25, -0.2) is 8.42 Å². The van der Waals surface area contributed by atoms with E-state index < -0.39 is 39.2 Å². The van der Waals surface area contributed by atoms with Gasteiger partial charge in [0.25, 0.3) is 0 Å². The SMILES string of the molecule is COc1ccc2c3c1O[C@@H]1[C@@H](NC(=O)/C=C/c4ccoc4)CC[C@]4(O)[C@H](C2)N(S(=O)(=O)c2cccc(C#N)c2)CC[C@@]314. The summed E-state index contributed by atoms with van der Waals surface area (Å²) in [5, 5.41) is 25.2. The Balaban J connectivity index is 1.30. The Hall–Kier alpha value is -4.11. The van der Waals surface area contributed by atoms with Gasteiger partial charge in [0, 0.05) is 23.7 Å². The summed E-state index contributed by atoms with van der Waals surface area (Å²) in [6, 6.07) is 12.2. The summed E-state index contributed by atoms with van der Waals surface area (Å²) in [6.07, 6.45) is 6.74. The van der Waals surface area contributed by atoms with Crippen LogP contribution in [-0.2, 0) is 26.7 Å². The number of sulfonamides is 1. The van der Waals surface area contributed by atoms with Gasteiger partial charge in [-0.2, -0.15) is 9.57 Å². The van der Waals surface area contributed by atoms with Crippen LogP contribution in [0.5, 0.6) is 11.5 Å². The minimum absolute atomic E-state index is 0.0203. The van der Waals surface area contributed by atoms with Crippen LogP contribution in [0.25, 0.3) is 6.08 Å². The summed E-state index contributed by atoms with van der Waals surface area (Å²) in [5.41, 5.74) is 0.317. The van der Waals surface area contributed by atoms with Crippen LogP contribution in [0.4, 0.5) is 0 Å². The van der Waals surface area contributed by atoms with Crippen molar-refractivity contribution in [1.29, 1.82) is 5.26 Å². The first-order valence-electron chi connectivity index (χ1n) is 13.8. The lowest BCUT2D eigenvalue weighted by molar-refractivity contribution is -0.177. The van der Waals surface area contributed by atoms with Crippen molar-refractivity contribution in [2.45, 2.75) is 59.8 Å². The first kappa shape index (κ1) is 26.8. The Morgan fingerprint density at radius 1 is 1.26 bits per heavy atom. The van der Waals surface area contributed by atoms with Gasteiger partial charge in [0.1, 0.15) is 6.10 Å². The van der Waals surface area contributed by atoms with Crippen LogP contribution in [-0.4, -0.2) is 61.2 Å². The zero-order valence-corrected chi connectivity index (χ0v) is 23.6. The largest absolute Gasteiger partial charge is 0.493 e. The van der Waals surface area contributed by atoms with Gasteiger partial charge in [0.05, 0.1) is 59.3 Å². The predicted octanol–water partition coefficient (Wildman–Crippen LogP) is 2.90. The second kappa shape index (κ2) is 9.46. The zero-order chi connectivity index (χ0) is 29.3. The van der Waals surface area contributed by atoms with Crippen molar-refractivity contribution in [1.82, 2.24) is 9.62 Å². The molecule has 2 aliphatic heterocycles. The van der Waals surface area contributed by atoms with E-state index in [1.165, 1.54) is 35.0 Å². The molecular formula is C31H29N3O7S. The number of carbonyl (C=O) groups is 1. The molecule has 2 N–H and O–H groups in total. The van der Waals surface area contributed by atoms with E-state index in [2.05, 4.69) is 5.32 Å². The average Bonchev–Trinajstić information content (AvgIpc) is 3.63. The highest BCUT2D eigenvalue weighted by molar-refractivity contribution is 7.89. The fraction of sp³-hybridized carbons (Fsp3) is 0.355. The molecule has 2 bridgehead atoms. The number of ether oxygens (including phenoxy) is 2. The number of carbonyl (C=O) groups excluding carboxylic acids is 1. The molecule has 11 heteroatoms. The standard InChI is InChI=1S/C31H29N3O7S/c1-39-24-7-6-21-16-25-31(36)11-9-23(33-26(35)8-5-19-10-14-40-18-19)29-30(31,27(21)28(24)41-29)12-13-34(25)42(37,38)22-4-2-3-20(15-22)17-32/h2-8,10,14-15,18,23,25,29,36H,9,11-13,16H2,1H3,(H,33,35)/b8-5+/t23-,25-,29+,30+,31-/m0/s1. The molecule has 0 radical (unpaired) electrons. The fourth-order valence-corrected chi connectivity index (χ4v) is 9.44. The van der Waals surface area contributed by atoms with Crippen molar-refractivity contribution in [2.75, 3.05) is 13.7 Å². The maximum absolute atomic E-state index is 14.0. The highest BCUT2D eigenvalue weighted by atomic mass is 32.2. The maximum Gasteiger partial charge on any atom is 0.244 e. The number of hydrogen-bond acceptors (Lipinski definition) is 8. The Morgan fingerprint density at radius 3 is 2.88 bits per heavy atom. The van der Waals surface area contributed by atoms with Crippen molar-refractivity contribution in [3.8, 4) is 17.6 Å². The van der Waals surface area contributed by atoms with Gasteiger partial charge < -0.3 is 24.3 Å². The summed E-state index contributed by atoms with van der Waals surface area (Å²) >= 11 is 0. The van der Waals surface area contributed by atoms with Crippen LogP contribution in [0.15, 0.2) is 70.4 Å². The number of aliphatic hydroxyl groups is 1. The molecule has 3 aromatic rings. The number of hydrogen-bond donors (Lipinski definition) is 2. The van der Waals surface area contributed by atoms with Gasteiger partial charge in [0.15, 0.2) is 11.5 Å². The van der Waals surface area contributed by atoms with E-state index in [4.69, 9.17) is 13.9 Å². The molecule has 216 valence electrons. The number of methoxy groups -OCH3 is 1. The molecule has 10 nitrogen and oxygen atoms in total. The molecule has 1 amide bonds. The smallest absolute Gasteiger partial charge is 0.244 e. The molecule has 2 aromatic carbocycles. The van der Waals surface area contributed by atoms with Gasteiger partial charge in [0.2, 0.25) is 15.9 Å². The van der Waals surface area contributed by atoms with E-state index in [0.29, 0.717) is 24.3 Å². The topological polar surface area (TPSA) is 142 Å². The van der Waals surface area contributed by atoms with Crippen LogP contribution in [0.1, 0.15) is 41.5 Å². The van der Waals surface area contributed by atoms with Gasteiger partial charge in [-0.3, -0.25) is 4.79 Å². The van der Waals surface area contributed by atoms with E-state index in [1.807, 2.05) is 12.1 Å². The summed E-state index contributed by atoms with van der Waals surface area (Å²) in [5.74, 6) is 0.774. The Kier molecular flexibility index (Phi) is 6.03. The third-order valence-electron chi connectivity index (χ3n) is 9.49. The minimum Gasteiger partial charge on any atom is -0.493 e. The van der Waals surface area contributed by atoms with Crippen LogP contribution in [0.2, 0.25) is 0 Å². The van der Waals surface area contributed by atoms with E-state index in [9.17, 15) is 23.6 Å². The first-order chi connectivity index (χ1) is 20.2. The quantitative estimate of drug-likeness (QED) is 0.420.